The fraction of sp³-hybridized carbons (Fsp3) is 0.889. The summed E-state index contributed by atoms with van der Waals surface area (Å²) in [7, 11) is 0. The third-order valence-electron chi connectivity index (χ3n) is 3.88. The van der Waals surface area contributed by atoms with Gasteiger partial charge >= 0.3 is 0 Å². The van der Waals surface area contributed by atoms with Gasteiger partial charge in [-0.2, -0.15) is 0 Å². The molecule has 7 nitrogen and oxygen atoms in total. The number of morpholine rings is 1. The number of carbonyl (C=O) groups is 1. The van der Waals surface area contributed by atoms with Gasteiger partial charge < -0.3 is 20.7 Å². The maximum absolute atomic E-state index is 11.5. The van der Waals surface area contributed by atoms with Crippen LogP contribution in [-0.4, -0.2) is 75.3 Å². The summed E-state index contributed by atoms with van der Waals surface area (Å²) in [5.41, 5.74) is 0. The minimum Gasteiger partial charge on any atom is -0.374 e. The van der Waals surface area contributed by atoms with Crippen molar-refractivity contribution in [2.24, 2.45) is 16.8 Å². The summed E-state index contributed by atoms with van der Waals surface area (Å²) in [6.07, 6.45) is 0.142. The minimum atomic E-state index is 0. The molecule has 1 amide bonds. The normalized spacial score (nSPS) is 18.6. The van der Waals surface area contributed by atoms with Gasteiger partial charge in [-0.25, -0.2) is 0 Å². The van der Waals surface area contributed by atoms with Gasteiger partial charge in [0.1, 0.15) is 0 Å². The van der Waals surface area contributed by atoms with Crippen LogP contribution >= 0.6 is 24.0 Å². The predicted molar refractivity (Wildman–Crippen MR) is 118 cm³/mol. The molecule has 3 N–H and O–H groups in total. The molecule has 1 rings (SSSR count). The standard InChI is InChI=1S/C18H37N5O2.HI/c1-6-19-18(21-8-7-20-17(24)15(4)5)22-11-16-13-23(9-10-25-16)12-14(2)3;/h14-16H,6-13H2,1-5H3,(H,20,24)(H2,19,21,22);1H. The lowest BCUT2D eigenvalue weighted by Crippen LogP contribution is -2.46. The first kappa shape index (κ1) is 25.4. The van der Waals surface area contributed by atoms with Gasteiger partial charge in [0.25, 0.3) is 0 Å². The molecule has 0 aromatic heterocycles. The Balaban J connectivity index is 0.00000625. The summed E-state index contributed by atoms with van der Waals surface area (Å²) in [6.45, 7) is 16.8. The summed E-state index contributed by atoms with van der Waals surface area (Å²) < 4.78 is 5.84. The van der Waals surface area contributed by atoms with E-state index in [1.54, 1.807) is 0 Å². The highest BCUT2D eigenvalue weighted by atomic mass is 127. The molecule has 8 heteroatoms. The number of hydrogen-bond acceptors (Lipinski definition) is 4. The zero-order valence-corrected chi connectivity index (χ0v) is 19.3. The van der Waals surface area contributed by atoms with Crippen molar-refractivity contribution in [3.63, 3.8) is 0 Å². The van der Waals surface area contributed by atoms with Gasteiger partial charge in [-0.15, -0.1) is 24.0 Å². The number of nitrogens with zero attached hydrogens (tertiary/aromatic N) is 2. The summed E-state index contributed by atoms with van der Waals surface area (Å²) >= 11 is 0. The van der Waals surface area contributed by atoms with Gasteiger partial charge in [0.15, 0.2) is 5.96 Å². The van der Waals surface area contributed by atoms with Gasteiger partial charge in [0.05, 0.1) is 19.3 Å². The molecular weight excluding hydrogens is 445 g/mol. The topological polar surface area (TPSA) is 78.0 Å². The molecule has 0 bridgehead atoms. The van der Waals surface area contributed by atoms with E-state index in [4.69, 9.17) is 4.74 Å². The zero-order chi connectivity index (χ0) is 18.7. The van der Waals surface area contributed by atoms with Crippen LogP contribution in [0.2, 0.25) is 0 Å². The Bertz CT molecular complexity index is 418. The molecule has 1 unspecified atom stereocenters. The van der Waals surface area contributed by atoms with Crippen LogP contribution in [0.25, 0.3) is 0 Å². The molecule has 0 aromatic rings. The van der Waals surface area contributed by atoms with Crippen molar-refractivity contribution in [3.8, 4) is 0 Å². The highest BCUT2D eigenvalue weighted by Crippen LogP contribution is 2.08. The van der Waals surface area contributed by atoms with E-state index in [2.05, 4.69) is 39.7 Å². The molecule has 0 aliphatic carbocycles. The number of amides is 1. The first-order valence-electron chi connectivity index (χ1n) is 9.56. The van der Waals surface area contributed by atoms with Crippen LogP contribution in [0.3, 0.4) is 0 Å². The Hall–Kier alpha value is -0.610. The Labute approximate surface area is 176 Å². The van der Waals surface area contributed by atoms with E-state index < -0.39 is 0 Å². The molecule has 1 aliphatic heterocycles. The maximum Gasteiger partial charge on any atom is 0.222 e. The van der Waals surface area contributed by atoms with Crippen LogP contribution in [-0.2, 0) is 9.53 Å². The van der Waals surface area contributed by atoms with Crippen LogP contribution in [0.5, 0.6) is 0 Å². The van der Waals surface area contributed by atoms with E-state index in [-0.39, 0.29) is 41.9 Å². The van der Waals surface area contributed by atoms with Crippen molar-refractivity contribution < 1.29 is 9.53 Å². The maximum atomic E-state index is 11.5. The number of ether oxygens (including phenoxy) is 1. The number of hydrogen-bond donors (Lipinski definition) is 3. The Kier molecular flexibility index (Phi) is 14.1. The molecule has 1 saturated heterocycles. The summed E-state index contributed by atoms with van der Waals surface area (Å²) in [5.74, 6) is 1.52. The van der Waals surface area contributed by atoms with E-state index in [9.17, 15) is 4.79 Å². The molecule has 1 heterocycles. The largest absolute Gasteiger partial charge is 0.374 e. The average molecular weight is 483 g/mol. The smallest absolute Gasteiger partial charge is 0.222 e. The number of guanidine groups is 1. The second-order valence-corrected chi connectivity index (χ2v) is 7.24. The molecule has 154 valence electrons. The van der Waals surface area contributed by atoms with Crippen molar-refractivity contribution >= 4 is 35.8 Å². The highest BCUT2D eigenvalue weighted by molar-refractivity contribution is 14.0. The van der Waals surface area contributed by atoms with Crippen LogP contribution < -0.4 is 16.0 Å². The molecule has 1 atom stereocenters. The van der Waals surface area contributed by atoms with Crippen LogP contribution in [0.1, 0.15) is 34.6 Å². The van der Waals surface area contributed by atoms with E-state index in [0.717, 1.165) is 38.7 Å². The molecular formula is C18H38IN5O2. The molecule has 0 aromatic carbocycles. The SMILES string of the molecule is CCNC(=NCC1CN(CC(C)C)CCO1)NCCNC(=O)C(C)C.I. The lowest BCUT2D eigenvalue weighted by molar-refractivity contribution is -0.123. The lowest BCUT2D eigenvalue weighted by Gasteiger charge is -2.33. The fourth-order valence-electron chi connectivity index (χ4n) is 2.68. The van der Waals surface area contributed by atoms with E-state index in [0.29, 0.717) is 25.6 Å². The van der Waals surface area contributed by atoms with Crippen molar-refractivity contribution in [3.05, 3.63) is 0 Å². The Morgan fingerprint density at radius 2 is 1.88 bits per heavy atom. The van der Waals surface area contributed by atoms with Crippen molar-refractivity contribution in [2.45, 2.75) is 40.7 Å². The Morgan fingerprint density at radius 1 is 1.19 bits per heavy atom. The number of nitrogens with one attached hydrogen (secondary N) is 3. The number of aliphatic imine (C=N–C) groups is 1. The third kappa shape index (κ3) is 11.2. The highest BCUT2D eigenvalue weighted by Gasteiger charge is 2.20. The molecule has 0 spiro atoms. The van der Waals surface area contributed by atoms with Crippen molar-refractivity contribution in [2.75, 3.05) is 52.4 Å². The van der Waals surface area contributed by atoms with E-state index >= 15 is 0 Å². The second kappa shape index (κ2) is 14.4. The summed E-state index contributed by atoms with van der Waals surface area (Å²) in [5, 5.41) is 9.38. The molecule has 1 fully saturated rings. The number of halogens is 1. The number of rotatable bonds is 9. The minimum absolute atomic E-state index is 0. The van der Waals surface area contributed by atoms with E-state index in [1.165, 1.54) is 0 Å². The van der Waals surface area contributed by atoms with Crippen LogP contribution in [0, 0.1) is 11.8 Å². The zero-order valence-electron chi connectivity index (χ0n) is 17.0. The third-order valence-corrected chi connectivity index (χ3v) is 3.88. The summed E-state index contributed by atoms with van der Waals surface area (Å²) in [4.78, 5) is 18.6. The molecule has 0 saturated carbocycles. The average Bonchev–Trinajstić information content (AvgIpc) is 2.55. The second-order valence-electron chi connectivity index (χ2n) is 7.24. The van der Waals surface area contributed by atoms with Gasteiger partial charge in [0.2, 0.25) is 5.91 Å². The fourth-order valence-corrected chi connectivity index (χ4v) is 2.68. The molecule has 26 heavy (non-hydrogen) atoms. The van der Waals surface area contributed by atoms with Gasteiger partial charge in [-0.05, 0) is 12.8 Å². The predicted octanol–water partition coefficient (Wildman–Crippen LogP) is 1.29. The van der Waals surface area contributed by atoms with E-state index in [1.807, 2.05) is 20.8 Å². The van der Waals surface area contributed by atoms with Crippen molar-refractivity contribution in [1.29, 1.82) is 0 Å². The molecule has 1 aliphatic rings. The first-order valence-corrected chi connectivity index (χ1v) is 9.56. The first-order chi connectivity index (χ1) is 11.9. The quantitative estimate of drug-likeness (QED) is 0.200. The summed E-state index contributed by atoms with van der Waals surface area (Å²) in [6, 6.07) is 0. The van der Waals surface area contributed by atoms with Crippen LogP contribution in [0.4, 0.5) is 0 Å². The van der Waals surface area contributed by atoms with Crippen LogP contribution in [0.15, 0.2) is 4.99 Å². The van der Waals surface area contributed by atoms with Gasteiger partial charge in [-0.1, -0.05) is 27.7 Å². The van der Waals surface area contributed by atoms with Crippen molar-refractivity contribution in [1.82, 2.24) is 20.9 Å². The Morgan fingerprint density at radius 3 is 2.50 bits per heavy atom. The van der Waals surface area contributed by atoms with Gasteiger partial charge in [-0.3, -0.25) is 14.7 Å². The number of carbonyl (C=O) groups excluding carboxylic acids is 1. The lowest BCUT2D eigenvalue weighted by atomic mass is 10.2. The van der Waals surface area contributed by atoms with Gasteiger partial charge in [0, 0.05) is 45.2 Å². The molecule has 0 radical (unpaired) electrons. The monoisotopic (exact) mass is 483 g/mol.